The van der Waals surface area contributed by atoms with Gasteiger partial charge in [-0.1, -0.05) is 47.0 Å². The predicted octanol–water partition coefficient (Wildman–Crippen LogP) is 8.60. The van der Waals surface area contributed by atoms with Gasteiger partial charge in [0.15, 0.2) is 46.0 Å². The molecule has 6 aromatic carbocycles. The second kappa shape index (κ2) is 29.8. The number of carboxylic acid groups (broad SMARTS) is 1. The predicted molar refractivity (Wildman–Crippen MR) is 297 cm³/mol. The Morgan fingerprint density at radius 3 is 1.42 bits per heavy atom. The fraction of sp³-hybridized carbons (Fsp3) is 0.185. The second-order valence-electron chi connectivity index (χ2n) is 15.4. The maximum atomic E-state index is 11.5. The number of hydrogen-bond donors (Lipinski definition) is 6. The number of aryl methyl sites for hydroxylation is 2. The number of aromatic carboxylic acids is 1. The van der Waals surface area contributed by atoms with Crippen LogP contribution in [0.15, 0.2) is 121 Å². The Balaban J connectivity index is 0.000000211. The number of rotatable bonds is 11. The Kier molecular flexibility index (Phi) is 23.1. The molecule has 3 aromatic heterocycles. The minimum Gasteiger partial charge on any atom is -0.493 e. The number of nitrogens with one attached hydrogen (secondary N) is 2. The Labute approximate surface area is 448 Å². The van der Waals surface area contributed by atoms with E-state index in [0.29, 0.717) is 62.1 Å². The molecule has 0 aliphatic heterocycles. The first-order valence-electron chi connectivity index (χ1n) is 22.6. The molecule has 0 aliphatic carbocycles. The third kappa shape index (κ3) is 16.6. The molecule has 0 saturated heterocycles. The molecular formula is C54H59ClN10O12. The van der Waals surface area contributed by atoms with Crippen LogP contribution in [0.1, 0.15) is 21.5 Å². The van der Waals surface area contributed by atoms with Crippen molar-refractivity contribution in [2.24, 2.45) is 5.73 Å². The number of methoxy groups -OCH3 is 8. The fourth-order valence-electron chi connectivity index (χ4n) is 6.65. The van der Waals surface area contributed by atoms with Crippen molar-refractivity contribution in [1.82, 2.24) is 29.9 Å². The lowest BCUT2D eigenvalue weighted by atomic mass is 10.1. The number of halogens is 1. The zero-order chi connectivity index (χ0) is 56.6. The molecule has 0 spiro atoms. The molecule has 3 heterocycles. The highest BCUT2D eigenvalue weighted by Gasteiger charge is 2.15. The molecule has 9 N–H and O–H groups in total. The highest BCUT2D eigenvalue weighted by atomic mass is 35.5. The minimum atomic E-state index is -1.09. The van der Waals surface area contributed by atoms with Gasteiger partial charge < -0.3 is 70.5 Å². The number of benzene rings is 6. The van der Waals surface area contributed by atoms with Gasteiger partial charge in [-0.25, -0.2) is 29.7 Å². The molecule has 22 nitrogen and oxygen atoms in total. The highest BCUT2D eigenvalue weighted by Crippen LogP contribution is 2.36. The number of fused-ring (bicyclic) bond motifs is 3. The largest absolute Gasteiger partial charge is 0.493 e. The van der Waals surface area contributed by atoms with Crippen molar-refractivity contribution in [3.63, 3.8) is 0 Å². The lowest BCUT2D eigenvalue weighted by molar-refractivity contribution is -0.106. The van der Waals surface area contributed by atoms with Gasteiger partial charge in [0.25, 0.3) is 5.56 Å². The summed E-state index contributed by atoms with van der Waals surface area (Å²) in [5.41, 5.74) is 21.4. The van der Waals surface area contributed by atoms with E-state index in [4.69, 9.17) is 70.9 Å². The Bertz CT molecular complexity index is 3420. The lowest BCUT2D eigenvalue weighted by Crippen LogP contribution is -2.06. The second-order valence-corrected chi connectivity index (χ2v) is 15.8. The van der Waals surface area contributed by atoms with Crippen LogP contribution >= 0.6 is 11.6 Å². The van der Waals surface area contributed by atoms with Crippen molar-refractivity contribution in [2.45, 2.75) is 13.8 Å². The zero-order valence-corrected chi connectivity index (χ0v) is 44.6. The summed E-state index contributed by atoms with van der Waals surface area (Å²) in [6, 6.07) is 29.2. The summed E-state index contributed by atoms with van der Waals surface area (Å²) < 4.78 is 41.1. The number of anilines is 4. The van der Waals surface area contributed by atoms with Crippen LogP contribution < -0.4 is 66.0 Å². The maximum absolute atomic E-state index is 11.5. The number of nitrogens with two attached hydrogens (primary N) is 3. The third-order valence-electron chi connectivity index (χ3n) is 10.6. The van der Waals surface area contributed by atoms with Crippen LogP contribution in [0.3, 0.4) is 0 Å². The molecule has 0 radical (unpaired) electrons. The van der Waals surface area contributed by atoms with Gasteiger partial charge in [-0.2, -0.15) is 0 Å². The standard InChI is InChI=1S/C17H17N3O2.C10H9ClN2O2.C10H10N2O3.C9H11NO4.C7H9N.CH3NO/c1-11-4-6-12(7-5-11)20-17-13-8-15(21-2)16(22-3)9-14(13)18-10-19-17;1-14-8-3-6-7(4-9(8)15-2)12-5-13-10(6)11;1-14-8-3-6-7(4-9(8)15-2)11-5-12-10(6)13;1-13-7-3-5(9(11)12)6(10)4-8(7)14-2;1-6-2-4-7(8)5-3-6;2-1-3/h4-10H,1-3H3,(H,18,19,20);3-5H,1-2H3;3-5H,1-2H3,(H,11,12,13);3-4H,10H2,1-2H3,(H,11,12);2-5H,8H2,1H3;1H,(H2,2,3). The van der Waals surface area contributed by atoms with Crippen LogP contribution in [0.4, 0.5) is 22.9 Å². The summed E-state index contributed by atoms with van der Waals surface area (Å²) in [6.07, 6.45) is 4.55. The van der Waals surface area contributed by atoms with Crippen molar-refractivity contribution in [3.05, 3.63) is 148 Å². The van der Waals surface area contributed by atoms with Crippen molar-refractivity contribution in [2.75, 3.05) is 73.7 Å². The smallest absolute Gasteiger partial charge is 0.337 e. The first-order chi connectivity index (χ1) is 37.0. The molecule has 0 saturated carbocycles. The number of aromatic nitrogens is 6. The van der Waals surface area contributed by atoms with Crippen molar-refractivity contribution in [1.29, 1.82) is 0 Å². The van der Waals surface area contributed by atoms with E-state index in [1.165, 1.54) is 70.7 Å². The van der Waals surface area contributed by atoms with E-state index >= 15 is 0 Å². The monoisotopic (exact) mass is 1070 g/mol. The number of carboxylic acids is 1. The number of amides is 1. The number of carbonyl (C=O) groups is 2. The van der Waals surface area contributed by atoms with Crippen molar-refractivity contribution < 1.29 is 52.6 Å². The third-order valence-corrected chi connectivity index (χ3v) is 10.9. The fourth-order valence-corrected chi connectivity index (χ4v) is 6.84. The van der Waals surface area contributed by atoms with Gasteiger partial charge in [-0.3, -0.25) is 9.59 Å². The summed E-state index contributed by atoms with van der Waals surface area (Å²) in [5.74, 6) is 4.01. The number of nitrogen functional groups attached to an aromatic ring is 2. The number of primary amides is 1. The van der Waals surface area contributed by atoms with E-state index in [1.54, 1.807) is 52.7 Å². The van der Waals surface area contributed by atoms with Crippen LogP contribution in [-0.4, -0.2) is 104 Å². The summed E-state index contributed by atoms with van der Waals surface area (Å²) in [5, 5.41) is 14.6. The Hall–Kier alpha value is -9.83. The normalized spacial score (nSPS) is 9.86. The molecule has 23 heteroatoms. The van der Waals surface area contributed by atoms with Gasteiger partial charge in [-0.15, -0.1) is 0 Å². The van der Waals surface area contributed by atoms with E-state index in [0.717, 1.165) is 39.0 Å². The van der Waals surface area contributed by atoms with Gasteiger partial charge in [0.2, 0.25) is 6.41 Å². The van der Waals surface area contributed by atoms with E-state index in [9.17, 15) is 9.59 Å². The molecule has 0 fully saturated rings. The Morgan fingerprint density at radius 1 is 0.558 bits per heavy atom. The van der Waals surface area contributed by atoms with E-state index in [2.05, 4.69) is 60.0 Å². The number of nitrogens with zero attached hydrogens (tertiary/aromatic N) is 5. The molecule has 0 unspecified atom stereocenters. The molecule has 0 aliphatic rings. The van der Waals surface area contributed by atoms with Gasteiger partial charge >= 0.3 is 5.97 Å². The summed E-state index contributed by atoms with van der Waals surface area (Å²) in [4.78, 5) is 53.9. The highest BCUT2D eigenvalue weighted by molar-refractivity contribution is 6.34. The van der Waals surface area contributed by atoms with Crippen LogP contribution in [0, 0.1) is 13.8 Å². The number of aromatic amines is 1. The van der Waals surface area contributed by atoms with E-state index < -0.39 is 5.97 Å². The topological polar surface area (TPSA) is 316 Å². The quantitative estimate of drug-likeness (QED) is 0.0401. The average molecular weight is 1080 g/mol. The lowest BCUT2D eigenvalue weighted by Gasteiger charge is -2.12. The van der Waals surface area contributed by atoms with Gasteiger partial charge in [0.1, 0.15) is 23.6 Å². The molecule has 0 atom stereocenters. The maximum Gasteiger partial charge on any atom is 0.337 e. The van der Waals surface area contributed by atoms with Crippen LogP contribution in [0.5, 0.6) is 46.0 Å². The number of H-pyrrole nitrogens is 1. The van der Waals surface area contributed by atoms with Crippen molar-refractivity contribution >= 4 is 79.6 Å². The van der Waals surface area contributed by atoms with E-state index in [1.807, 2.05) is 55.5 Å². The SMILES string of the molecule is COc1cc(N)c(C(=O)O)cc1OC.COc1cc2nc[nH]c(=O)c2cc1OC.COc1cc2ncnc(Cl)c2cc1OC.COc1cc2ncnc(Nc3ccc(C)cc3)c2cc1OC.Cc1ccc(N)cc1.NC=O. The Morgan fingerprint density at radius 2 is 0.948 bits per heavy atom. The number of ether oxygens (including phenoxy) is 8. The van der Waals surface area contributed by atoms with Crippen molar-refractivity contribution in [3.8, 4) is 46.0 Å². The minimum absolute atomic E-state index is 0.00245. The summed E-state index contributed by atoms with van der Waals surface area (Å²) in [6.45, 7) is 4.10. The first-order valence-corrected chi connectivity index (χ1v) is 23.0. The molecule has 9 rings (SSSR count). The molecule has 1 amide bonds. The molecular weight excluding hydrogens is 1020 g/mol. The van der Waals surface area contributed by atoms with Crippen LogP contribution in [-0.2, 0) is 4.79 Å². The first kappa shape index (κ1) is 59.7. The number of carbonyl (C=O) groups excluding carboxylic acids is 1. The van der Waals surface area contributed by atoms with Crippen LogP contribution in [0.25, 0.3) is 32.7 Å². The molecule has 0 bridgehead atoms. The van der Waals surface area contributed by atoms with E-state index in [-0.39, 0.29) is 23.2 Å². The molecule has 404 valence electrons. The van der Waals surface area contributed by atoms with Gasteiger partial charge in [-0.05, 0) is 56.3 Å². The van der Waals surface area contributed by atoms with Gasteiger partial charge in [0.05, 0.1) is 96.4 Å². The van der Waals surface area contributed by atoms with Crippen LogP contribution in [0.2, 0.25) is 5.15 Å². The number of hydrogen-bond acceptors (Lipinski definition) is 19. The molecule has 77 heavy (non-hydrogen) atoms. The summed E-state index contributed by atoms with van der Waals surface area (Å²) in [7, 11) is 12.3. The molecule has 9 aromatic rings. The average Bonchev–Trinajstić information content (AvgIpc) is 3.45. The van der Waals surface area contributed by atoms with Gasteiger partial charge in [0, 0.05) is 52.5 Å². The zero-order valence-electron chi connectivity index (χ0n) is 43.8. The summed E-state index contributed by atoms with van der Waals surface area (Å²) >= 11 is 5.93.